The predicted molar refractivity (Wildman–Crippen MR) is 114 cm³/mol. The summed E-state index contributed by atoms with van der Waals surface area (Å²) in [6.07, 6.45) is 3.14. The number of benzene rings is 2. The molecule has 1 amide bonds. The molecule has 1 atom stereocenters. The SMILES string of the molecule is CCc1ccc(C(=O)NC(=NC[C@H]2CCCO2)Nc2cc(C)cc(C)c2)cc1. The van der Waals surface area contributed by atoms with Gasteiger partial charge in [0.1, 0.15) is 0 Å². The van der Waals surface area contributed by atoms with Gasteiger partial charge in [-0.2, -0.15) is 0 Å². The third-order valence-electron chi connectivity index (χ3n) is 4.82. The van der Waals surface area contributed by atoms with E-state index in [1.54, 1.807) is 0 Å². The minimum Gasteiger partial charge on any atom is -0.376 e. The number of nitrogens with one attached hydrogen (secondary N) is 2. The van der Waals surface area contributed by atoms with Gasteiger partial charge in [-0.1, -0.05) is 25.1 Å². The van der Waals surface area contributed by atoms with Crippen LogP contribution in [-0.4, -0.2) is 31.1 Å². The summed E-state index contributed by atoms with van der Waals surface area (Å²) < 4.78 is 5.66. The number of amides is 1. The summed E-state index contributed by atoms with van der Waals surface area (Å²) in [5.41, 5.74) is 5.04. The van der Waals surface area contributed by atoms with Crippen molar-refractivity contribution >= 4 is 17.6 Å². The van der Waals surface area contributed by atoms with Gasteiger partial charge in [0.25, 0.3) is 5.91 Å². The molecule has 0 saturated carbocycles. The number of aliphatic imine (C=N–C) groups is 1. The van der Waals surface area contributed by atoms with E-state index < -0.39 is 0 Å². The molecule has 1 aliphatic heterocycles. The number of ether oxygens (including phenoxy) is 1. The van der Waals surface area contributed by atoms with Crippen LogP contribution in [0.4, 0.5) is 5.69 Å². The van der Waals surface area contributed by atoms with Gasteiger partial charge >= 0.3 is 0 Å². The van der Waals surface area contributed by atoms with Crippen LogP contribution < -0.4 is 10.6 Å². The second kappa shape index (κ2) is 9.51. The number of carbonyl (C=O) groups is 1. The zero-order chi connectivity index (χ0) is 19.9. The largest absolute Gasteiger partial charge is 0.376 e. The summed E-state index contributed by atoms with van der Waals surface area (Å²) in [5.74, 6) is 0.274. The molecule has 3 rings (SSSR count). The second-order valence-electron chi connectivity index (χ2n) is 7.33. The Hall–Kier alpha value is -2.66. The first-order valence-electron chi connectivity index (χ1n) is 9.95. The molecule has 2 aromatic rings. The van der Waals surface area contributed by atoms with Gasteiger partial charge in [-0.15, -0.1) is 0 Å². The number of hydrogen-bond acceptors (Lipinski definition) is 3. The first-order valence-corrected chi connectivity index (χ1v) is 9.95. The van der Waals surface area contributed by atoms with Crippen molar-refractivity contribution in [3.8, 4) is 0 Å². The fraction of sp³-hybridized carbons (Fsp3) is 0.391. The number of rotatable bonds is 5. The topological polar surface area (TPSA) is 62.7 Å². The number of carbonyl (C=O) groups excluding carboxylic acids is 1. The predicted octanol–water partition coefficient (Wildman–Crippen LogP) is 4.24. The standard InChI is InChI=1S/C23H29N3O2/c1-4-18-7-9-19(10-8-18)22(27)26-23(24-15-21-6-5-11-28-21)25-20-13-16(2)12-17(3)14-20/h7-10,12-14,21H,4-6,11,15H2,1-3H3,(H2,24,25,26,27)/t21-/m1/s1. The first kappa shape index (κ1) is 20.1. The van der Waals surface area contributed by atoms with Crippen LogP contribution in [0.1, 0.15) is 46.8 Å². The summed E-state index contributed by atoms with van der Waals surface area (Å²) in [6.45, 7) is 7.52. The lowest BCUT2D eigenvalue weighted by Gasteiger charge is -2.14. The van der Waals surface area contributed by atoms with E-state index in [0.717, 1.165) is 42.7 Å². The minimum absolute atomic E-state index is 0.122. The van der Waals surface area contributed by atoms with Gasteiger partial charge in [-0.05, 0) is 74.1 Å². The molecule has 148 valence electrons. The zero-order valence-corrected chi connectivity index (χ0v) is 16.9. The van der Waals surface area contributed by atoms with Gasteiger partial charge in [0.2, 0.25) is 5.96 Å². The molecular weight excluding hydrogens is 350 g/mol. The maximum atomic E-state index is 12.7. The van der Waals surface area contributed by atoms with Crippen LogP contribution in [0.3, 0.4) is 0 Å². The van der Waals surface area contributed by atoms with Gasteiger partial charge in [0, 0.05) is 17.9 Å². The smallest absolute Gasteiger partial charge is 0.257 e. The molecule has 0 spiro atoms. The van der Waals surface area contributed by atoms with E-state index in [0.29, 0.717) is 18.1 Å². The maximum Gasteiger partial charge on any atom is 0.257 e. The zero-order valence-electron chi connectivity index (χ0n) is 16.9. The lowest BCUT2D eigenvalue weighted by atomic mass is 10.1. The van der Waals surface area contributed by atoms with Gasteiger partial charge in [-0.3, -0.25) is 10.1 Å². The van der Waals surface area contributed by atoms with Crippen molar-refractivity contribution in [1.82, 2.24) is 5.32 Å². The van der Waals surface area contributed by atoms with Crippen molar-refractivity contribution in [2.24, 2.45) is 4.99 Å². The Kier molecular flexibility index (Phi) is 6.82. The molecule has 1 fully saturated rings. The van der Waals surface area contributed by atoms with Crippen molar-refractivity contribution in [2.75, 3.05) is 18.5 Å². The fourth-order valence-corrected chi connectivity index (χ4v) is 3.35. The van der Waals surface area contributed by atoms with E-state index in [-0.39, 0.29) is 12.0 Å². The number of nitrogens with zero attached hydrogens (tertiary/aromatic N) is 1. The molecule has 2 aromatic carbocycles. The van der Waals surface area contributed by atoms with E-state index in [1.165, 1.54) is 5.56 Å². The Bertz CT molecular complexity index is 817. The summed E-state index contributed by atoms with van der Waals surface area (Å²) in [6, 6.07) is 13.9. The van der Waals surface area contributed by atoms with E-state index in [2.05, 4.69) is 42.5 Å². The van der Waals surface area contributed by atoms with Crippen molar-refractivity contribution in [2.45, 2.75) is 46.1 Å². The van der Waals surface area contributed by atoms with Gasteiger partial charge in [0.15, 0.2) is 0 Å². The molecule has 28 heavy (non-hydrogen) atoms. The monoisotopic (exact) mass is 379 g/mol. The van der Waals surface area contributed by atoms with Crippen molar-refractivity contribution in [3.05, 3.63) is 64.7 Å². The van der Waals surface area contributed by atoms with Crippen molar-refractivity contribution < 1.29 is 9.53 Å². The van der Waals surface area contributed by atoms with Crippen LogP contribution in [0.5, 0.6) is 0 Å². The summed E-state index contributed by atoms with van der Waals surface area (Å²) in [4.78, 5) is 17.3. The third kappa shape index (κ3) is 5.67. The fourth-order valence-electron chi connectivity index (χ4n) is 3.35. The highest BCUT2D eigenvalue weighted by Crippen LogP contribution is 2.15. The molecular formula is C23H29N3O2. The Balaban J connectivity index is 1.75. The lowest BCUT2D eigenvalue weighted by molar-refractivity contribution is 0.0975. The van der Waals surface area contributed by atoms with Gasteiger partial charge in [0.05, 0.1) is 12.6 Å². The highest BCUT2D eigenvalue weighted by Gasteiger charge is 2.16. The van der Waals surface area contributed by atoms with E-state index in [1.807, 2.05) is 36.4 Å². The molecule has 0 aliphatic carbocycles. The Morgan fingerprint density at radius 2 is 1.86 bits per heavy atom. The highest BCUT2D eigenvalue weighted by atomic mass is 16.5. The second-order valence-corrected chi connectivity index (χ2v) is 7.33. The Morgan fingerprint density at radius 3 is 2.46 bits per heavy atom. The van der Waals surface area contributed by atoms with E-state index in [9.17, 15) is 4.79 Å². The van der Waals surface area contributed by atoms with Gasteiger partial charge in [-0.25, -0.2) is 4.99 Å². The number of guanidine groups is 1. The molecule has 2 N–H and O–H groups in total. The quantitative estimate of drug-likeness (QED) is 0.603. The van der Waals surface area contributed by atoms with Crippen LogP contribution in [0.2, 0.25) is 0 Å². The van der Waals surface area contributed by atoms with Crippen molar-refractivity contribution in [1.29, 1.82) is 0 Å². The van der Waals surface area contributed by atoms with Crippen LogP contribution in [0.15, 0.2) is 47.5 Å². The average molecular weight is 380 g/mol. The normalized spacial score (nSPS) is 16.8. The number of anilines is 1. The average Bonchev–Trinajstić information content (AvgIpc) is 3.19. The van der Waals surface area contributed by atoms with Crippen LogP contribution in [0.25, 0.3) is 0 Å². The molecule has 1 aliphatic rings. The molecule has 1 heterocycles. The summed E-state index contributed by atoms with van der Waals surface area (Å²) in [5, 5.41) is 6.20. The molecule has 0 radical (unpaired) electrons. The van der Waals surface area contributed by atoms with Gasteiger partial charge < -0.3 is 10.1 Å². The minimum atomic E-state index is -0.175. The molecule has 5 nitrogen and oxygen atoms in total. The lowest BCUT2D eigenvalue weighted by Crippen LogP contribution is -2.36. The Morgan fingerprint density at radius 1 is 1.14 bits per heavy atom. The van der Waals surface area contributed by atoms with Crippen molar-refractivity contribution in [3.63, 3.8) is 0 Å². The third-order valence-corrected chi connectivity index (χ3v) is 4.82. The summed E-state index contributed by atoms with van der Waals surface area (Å²) in [7, 11) is 0. The van der Waals surface area contributed by atoms with Crippen LogP contribution >= 0.6 is 0 Å². The molecule has 0 unspecified atom stereocenters. The number of hydrogen-bond donors (Lipinski definition) is 2. The molecule has 0 aromatic heterocycles. The molecule has 1 saturated heterocycles. The highest BCUT2D eigenvalue weighted by molar-refractivity contribution is 6.10. The van der Waals surface area contributed by atoms with E-state index >= 15 is 0 Å². The molecule has 0 bridgehead atoms. The number of aryl methyl sites for hydroxylation is 3. The van der Waals surface area contributed by atoms with Crippen LogP contribution in [-0.2, 0) is 11.2 Å². The van der Waals surface area contributed by atoms with Crippen LogP contribution in [0, 0.1) is 13.8 Å². The molecule has 5 heteroatoms. The Labute approximate surface area is 167 Å². The summed E-state index contributed by atoms with van der Waals surface area (Å²) >= 11 is 0. The van der Waals surface area contributed by atoms with E-state index in [4.69, 9.17) is 4.74 Å². The maximum absolute atomic E-state index is 12.7. The first-order chi connectivity index (χ1) is 13.5.